The molecule has 37 heavy (non-hydrogen) atoms. The van der Waals surface area contributed by atoms with Gasteiger partial charge in [-0.2, -0.15) is 0 Å². The van der Waals surface area contributed by atoms with Crippen LogP contribution >= 0.6 is 0 Å². The lowest BCUT2D eigenvalue weighted by atomic mass is 10.1. The molecule has 208 valence electrons. The van der Waals surface area contributed by atoms with Crippen molar-refractivity contribution in [3.05, 3.63) is 0 Å². The fourth-order valence-corrected chi connectivity index (χ4v) is 5.30. The first-order valence-electron chi connectivity index (χ1n) is 13.2. The molecule has 12 heteroatoms. The average Bonchev–Trinajstić information content (AvgIpc) is 3.59. The first kappa shape index (κ1) is 28.8. The Balaban J connectivity index is 1.68. The highest BCUT2D eigenvalue weighted by Gasteiger charge is 2.46. The molecule has 3 saturated heterocycles. The van der Waals surface area contributed by atoms with E-state index in [2.05, 4.69) is 5.32 Å². The van der Waals surface area contributed by atoms with E-state index in [1.807, 2.05) is 0 Å². The molecule has 0 bridgehead atoms. The SMILES string of the molecule is C[C@H](N)C(=O)N1CCC[C@H]1C(=O)N1CCC[C@H]1C(=O)N1CCC[C@H]1C(=O)N[C@@H](COC(C)(C)C)C(=O)O. The molecule has 0 unspecified atom stereocenters. The minimum absolute atomic E-state index is 0.200. The molecule has 4 N–H and O–H groups in total. The van der Waals surface area contributed by atoms with Crippen LogP contribution in [0.3, 0.4) is 0 Å². The number of carboxylic acids is 1. The molecule has 3 heterocycles. The Bertz CT molecular complexity index is 902. The topological polar surface area (TPSA) is 163 Å². The Hall–Kier alpha value is -2.73. The van der Waals surface area contributed by atoms with Crippen LogP contribution < -0.4 is 11.1 Å². The number of hydrogen-bond acceptors (Lipinski definition) is 7. The number of likely N-dealkylation sites (tertiary alicyclic amines) is 3. The minimum atomic E-state index is -1.25. The smallest absolute Gasteiger partial charge is 0.328 e. The summed E-state index contributed by atoms with van der Waals surface area (Å²) in [5.74, 6) is -2.62. The molecule has 3 aliphatic rings. The number of ether oxygens (including phenoxy) is 1. The second kappa shape index (κ2) is 11.8. The summed E-state index contributed by atoms with van der Waals surface area (Å²) in [4.78, 5) is 68.9. The third kappa shape index (κ3) is 6.78. The molecule has 0 aromatic rings. The van der Waals surface area contributed by atoms with Gasteiger partial charge in [0.25, 0.3) is 0 Å². The van der Waals surface area contributed by atoms with E-state index < -0.39 is 47.7 Å². The van der Waals surface area contributed by atoms with E-state index in [0.717, 1.165) is 0 Å². The Morgan fingerprint density at radius 3 is 1.84 bits per heavy atom. The highest BCUT2D eigenvalue weighted by Crippen LogP contribution is 2.28. The third-order valence-electron chi connectivity index (χ3n) is 7.17. The Kier molecular flexibility index (Phi) is 9.17. The maximum Gasteiger partial charge on any atom is 0.328 e. The van der Waals surface area contributed by atoms with Gasteiger partial charge in [0.1, 0.15) is 18.1 Å². The van der Waals surface area contributed by atoms with Crippen LogP contribution in [0.2, 0.25) is 0 Å². The van der Waals surface area contributed by atoms with Gasteiger partial charge < -0.3 is 35.6 Å². The van der Waals surface area contributed by atoms with Crippen molar-refractivity contribution in [2.45, 2.75) is 102 Å². The zero-order valence-corrected chi connectivity index (χ0v) is 22.3. The van der Waals surface area contributed by atoms with Crippen molar-refractivity contribution in [2.75, 3.05) is 26.2 Å². The van der Waals surface area contributed by atoms with Crippen molar-refractivity contribution < 1.29 is 33.8 Å². The maximum atomic E-state index is 13.6. The van der Waals surface area contributed by atoms with Gasteiger partial charge in [0, 0.05) is 19.6 Å². The van der Waals surface area contributed by atoms with Crippen LogP contribution in [0, 0.1) is 0 Å². The number of carbonyl (C=O) groups is 5. The molecule has 5 atom stereocenters. The summed E-state index contributed by atoms with van der Waals surface area (Å²) >= 11 is 0. The van der Waals surface area contributed by atoms with Crippen molar-refractivity contribution in [1.82, 2.24) is 20.0 Å². The summed E-state index contributed by atoms with van der Waals surface area (Å²) in [5, 5.41) is 12.1. The fraction of sp³-hybridized carbons (Fsp3) is 0.800. The molecule has 0 saturated carbocycles. The van der Waals surface area contributed by atoms with Crippen molar-refractivity contribution in [3.63, 3.8) is 0 Å². The van der Waals surface area contributed by atoms with E-state index in [0.29, 0.717) is 58.2 Å². The van der Waals surface area contributed by atoms with E-state index in [1.54, 1.807) is 32.6 Å². The van der Waals surface area contributed by atoms with Crippen molar-refractivity contribution in [3.8, 4) is 0 Å². The molecular weight excluding hydrogens is 482 g/mol. The van der Waals surface area contributed by atoms with Gasteiger partial charge in [-0.1, -0.05) is 0 Å². The second-order valence-electron chi connectivity index (χ2n) is 11.2. The van der Waals surface area contributed by atoms with Crippen LogP contribution in [0.1, 0.15) is 66.2 Å². The summed E-state index contributed by atoms with van der Waals surface area (Å²) in [6, 6.07) is -4.12. The Morgan fingerprint density at radius 1 is 0.892 bits per heavy atom. The number of nitrogens with one attached hydrogen (secondary N) is 1. The number of aliphatic carboxylic acids is 1. The van der Waals surface area contributed by atoms with Gasteiger partial charge in [-0.25, -0.2) is 4.79 Å². The van der Waals surface area contributed by atoms with E-state index >= 15 is 0 Å². The van der Waals surface area contributed by atoms with Gasteiger partial charge in [0.15, 0.2) is 6.04 Å². The number of nitrogens with zero attached hydrogens (tertiary/aromatic N) is 3. The van der Waals surface area contributed by atoms with Gasteiger partial charge in [-0.05, 0) is 66.2 Å². The first-order valence-corrected chi connectivity index (χ1v) is 13.2. The lowest BCUT2D eigenvalue weighted by Gasteiger charge is -2.34. The highest BCUT2D eigenvalue weighted by atomic mass is 16.5. The van der Waals surface area contributed by atoms with Crippen LogP contribution in [0.4, 0.5) is 0 Å². The summed E-state index contributed by atoms with van der Waals surface area (Å²) in [5.41, 5.74) is 5.19. The lowest BCUT2D eigenvalue weighted by Crippen LogP contribution is -2.57. The number of carbonyl (C=O) groups excluding carboxylic acids is 4. The standard InChI is InChI=1S/C25H41N5O7/c1-15(26)21(32)29-12-6-9-18(29)23(34)30-13-7-10-19(30)22(33)28-11-5-8-17(28)20(31)27-16(24(35)36)14-37-25(2,3)4/h15-19H,5-14,26H2,1-4H3,(H,27,31)(H,35,36)/t15-,16-,17-,18-,19-/m0/s1. The number of hydrogen-bond donors (Lipinski definition) is 3. The van der Waals surface area contributed by atoms with Crippen LogP contribution in [0.5, 0.6) is 0 Å². The predicted octanol–water partition coefficient (Wildman–Crippen LogP) is -0.309. The zero-order chi connectivity index (χ0) is 27.5. The van der Waals surface area contributed by atoms with E-state index in [4.69, 9.17) is 10.5 Å². The highest BCUT2D eigenvalue weighted by molar-refractivity contribution is 5.96. The fourth-order valence-electron chi connectivity index (χ4n) is 5.30. The van der Waals surface area contributed by atoms with E-state index in [-0.39, 0.29) is 24.3 Å². The van der Waals surface area contributed by atoms with E-state index in [9.17, 15) is 29.1 Å². The average molecular weight is 524 g/mol. The predicted molar refractivity (Wildman–Crippen MR) is 133 cm³/mol. The Morgan fingerprint density at radius 2 is 1.35 bits per heavy atom. The Labute approximate surface area is 217 Å². The molecule has 12 nitrogen and oxygen atoms in total. The van der Waals surface area contributed by atoms with Gasteiger partial charge >= 0.3 is 5.97 Å². The number of nitrogens with two attached hydrogens (primary N) is 1. The molecule has 0 aromatic heterocycles. The van der Waals surface area contributed by atoms with Crippen molar-refractivity contribution >= 4 is 29.6 Å². The molecule has 3 rings (SSSR count). The molecule has 0 radical (unpaired) electrons. The normalized spacial score (nSPS) is 25.8. The van der Waals surface area contributed by atoms with Crippen LogP contribution in [-0.2, 0) is 28.7 Å². The lowest BCUT2D eigenvalue weighted by molar-refractivity contribution is -0.151. The van der Waals surface area contributed by atoms with Crippen molar-refractivity contribution in [2.24, 2.45) is 5.73 Å². The van der Waals surface area contributed by atoms with Gasteiger partial charge in [-0.3, -0.25) is 19.2 Å². The van der Waals surface area contributed by atoms with Gasteiger partial charge in [0.05, 0.1) is 18.2 Å². The molecule has 0 spiro atoms. The monoisotopic (exact) mass is 523 g/mol. The van der Waals surface area contributed by atoms with Gasteiger partial charge in [0.2, 0.25) is 23.6 Å². The first-order chi connectivity index (χ1) is 17.3. The van der Waals surface area contributed by atoms with Crippen LogP contribution in [0.15, 0.2) is 0 Å². The quantitative estimate of drug-likeness (QED) is 0.390. The molecule has 3 fully saturated rings. The third-order valence-corrected chi connectivity index (χ3v) is 7.17. The maximum absolute atomic E-state index is 13.6. The summed E-state index contributed by atoms with van der Waals surface area (Å²) < 4.78 is 5.55. The van der Waals surface area contributed by atoms with Crippen molar-refractivity contribution in [1.29, 1.82) is 0 Å². The number of rotatable bonds is 8. The summed E-state index contributed by atoms with van der Waals surface area (Å²) in [6.45, 7) is 7.97. The van der Waals surface area contributed by atoms with E-state index in [1.165, 1.54) is 9.80 Å². The number of carboxylic acid groups (broad SMARTS) is 1. The van der Waals surface area contributed by atoms with Crippen LogP contribution in [0.25, 0.3) is 0 Å². The summed E-state index contributed by atoms with van der Waals surface area (Å²) in [6.07, 6.45) is 3.34. The minimum Gasteiger partial charge on any atom is -0.480 e. The molecule has 0 aromatic carbocycles. The largest absolute Gasteiger partial charge is 0.480 e. The molecular formula is C25H41N5O7. The van der Waals surface area contributed by atoms with Gasteiger partial charge in [-0.15, -0.1) is 0 Å². The summed E-state index contributed by atoms with van der Waals surface area (Å²) in [7, 11) is 0. The second-order valence-corrected chi connectivity index (χ2v) is 11.2. The molecule has 0 aliphatic carbocycles. The molecule has 3 aliphatic heterocycles. The van der Waals surface area contributed by atoms with Crippen LogP contribution in [-0.4, -0.2) is 111 Å². The zero-order valence-electron chi connectivity index (χ0n) is 22.3. The number of amides is 4. The molecule has 4 amide bonds.